The van der Waals surface area contributed by atoms with E-state index in [0.29, 0.717) is 12.2 Å². The molecule has 2 aromatic carbocycles. The lowest BCUT2D eigenvalue weighted by molar-refractivity contribution is 0.0940. The van der Waals surface area contributed by atoms with Crippen LogP contribution in [0.15, 0.2) is 71.4 Å². The Labute approximate surface area is 152 Å². The van der Waals surface area contributed by atoms with Gasteiger partial charge >= 0.3 is 0 Å². The van der Waals surface area contributed by atoms with Crippen molar-refractivity contribution >= 4 is 17.2 Å². The molecule has 0 bridgehead atoms. The van der Waals surface area contributed by atoms with Gasteiger partial charge in [0.25, 0.3) is 5.91 Å². The fourth-order valence-electron chi connectivity index (χ4n) is 2.56. The van der Waals surface area contributed by atoms with E-state index in [1.165, 1.54) is 5.56 Å². The molecule has 3 aromatic rings. The maximum Gasteiger partial charge on any atom is 0.251 e. The van der Waals surface area contributed by atoms with E-state index in [9.17, 15) is 4.79 Å². The zero-order chi connectivity index (χ0) is 17.5. The summed E-state index contributed by atoms with van der Waals surface area (Å²) < 4.78 is 5.72. The van der Waals surface area contributed by atoms with Gasteiger partial charge in [-0.2, -0.15) is 11.3 Å². The van der Waals surface area contributed by atoms with Gasteiger partial charge in [-0.3, -0.25) is 4.79 Å². The van der Waals surface area contributed by atoms with Crippen LogP contribution in [0.25, 0.3) is 0 Å². The number of hydrogen-bond donors (Lipinski definition) is 1. The Hall–Kier alpha value is -2.59. The molecule has 1 aromatic heterocycles. The van der Waals surface area contributed by atoms with E-state index < -0.39 is 0 Å². The number of hydrogen-bond acceptors (Lipinski definition) is 3. The molecule has 3 nitrogen and oxygen atoms in total. The van der Waals surface area contributed by atoms with Crippen LogP contribution in [0.5, 0.6) is 5.75 Å². The number of thiophene rings is 1. The Kier molecular flexibility index (Phi) is 5.86. The first-order valence-corrected chi connectivity index (χ1v) is 9.24. The van der Waals surface area contributed by atoms with Crippen molar-refractivity contribution in [2.75, 3.05) is 0 Å². The van der Waals surface area contributed by atoms with Gasteiger partial charge < -0.3 is 10.1 Å². The molecule has 1 amide bonds. The Morgan fingerprint density at radius 3 is 2.48 bits per heavy atom. The van der Waals surface area contributed by atoms with Crippen molar-refractivity contribution < 1.29 is 9.53 Å². The van der Waals surface area contributed by atoms with Crippen LogP contribution in [0.4, 0.5) is 0 Å². The smallest absolute Gasteiger partial charge is 0.251 e. The maximum atomic E-state index is 12.3. The van der Waals surface area contributed by atoms with E-state index in [-0.39, 0.29) is 11.9 Å². The van der Waals surface area contributed by atoms with Gasteiger partial charge in [0.15, 0.2) is 0 Å². The zero-order valence-electron chi connectivity index (χ0n) is 14.1. The Morgan fingerprint density at radius 1 is 1.04 bits per heavy atom. The van der Waals surface area contributed by atoms with Crippen LogP contribution in [0.1, 0.15) is 28.4 Å². The molecule has 25 heavy (non-hydrogen) atoms. The largest absolute Gasteiger partial charge is 0.489 e. The Morgan fingerprint density at radius 2 is 1.80 bits per heavy atom. The number of carbonyl (C=O) groups is 1. The summed E-state index contributed by atoms with van der Waals surface area (Å²) in [5.74, 6) is 0.796. The van der Waals surface area contributed by atoms with Crippen LogP contribution < -0.4 is 10.1 Å². The zero-order valence-corrected chi connectivity index (χ0v) is 15.0. The molecule has 4 heteroatoms. The van der Waals surface area contributed by atoms with Gasteiger partial charge in [0.2, 0.25) is 0 Å². The highest BCUT2D eigenvalue weighted by molar-refractivity contribution is 7.07. The number of nitrogens with one attached hydrogen (secondary N) is 1. The molecule has 0 aliphatic heterocycles. The molecule has 1 N–H and O–H groups in total. The summed E-state index contributed by atoms with van der Waals surface area (Å²) in [5.41, 5.74) is 2.96. The molecule has 1 atom stereocenters. The van der Waals surface area contributed by atoms with Gasteiger partial charge in [0.1, 0.15) is 12.4 Å². The molecule has 0 aliphatic carbocycles. The Balaban J connectivity index is 1.51. The number of benzene rings is 2. The molecule has 3 rings (SSSR count). The van der Waals surface area contributed by atoms with Crippen LogP contribution in [0.3, 0.4) is 0 Å². The SMILES string of the molecule is CC(Cc1ccsc1)NC(=O)c1ccc(COc2ccccc2)cc1. The molecule has 0 fully saturated rings. The first-order chi connectivity index (χ1) is 12.2. The summed E-state index contributed by atoms with van der Waals surface area (Å²) in [5, 5.41) is 7.22. The second-order valence-corrected chi connectivity index (χ2v) is 6.79. The second-order valence-electron chi connectivity index (χ2n) is 6.01. The summed E-state index contributed by atoms with van der Waals surface area (Å²) in [6.45, 7) is 2.51. The fraction of sp³-hybridized carbons (Fsp3) is 0.190. The van der Waals surface area contributed by atoms with Crippen molar-refractivity contribution in [2.24, 2.45) is 0 Å². The molecular formula is C21H21NO2S. The predicted octanol–water partition coefficient (Wildman–Crippen LogP) is 4.69. The van der Waals surface area contributed by atoms with E-state index in [4.69, 9.17) is 4.74 Å². The summed E-state index contributed by atoms with van der Waals surface area (Å²) in [7, 11) is 0. The minimum Gasteiger partial charge on any atom is -0.489 e. The average Bonchev–Trinajstić information content (AvgIpc) is 3.14. The van der Waals surface area contributed by atoms with Gasteiger partial charge in [0, 0.05) is 11.6 Å². The topological polar surface area (TPSA) is 38.3 Å². The van der Waals surface area contributed by atoms with E-state index in [1.807, 2.05) is 61.5 Å². The number of amides is 1. The van der Waals surface area contributed by atoms with Crippen LogP contribution in [0, 0.1) is 0 Å². The molecule has 0 spiro atoms. The number of carbonyl (C=O) groups excluding carboxylic acids is 1. The molecule has 0 saturated carbocycles. The summed E-state index contributed by atoms with van der Waals surface area (Å²) >= 11 is 1.68. The lowest BCUT2D eigenvalue weighted by atomic mass is 10.1. The highest BCUT2D eigenvalue weighted by Crippen LogP contribution is 2.13. The van der Waals surface area contributed by atoms with Crippen molar-refractivity contribution in [3.05, 3.63) is 88.1 Å². The number of ether oxygens (including phenoxy) is 1. The minimum absolute atomic E-state index is 0.0433. The minimum atomic E-state index is -0.0433. The predicted molar refractivity (Wildman–Crippen MR) is 102 cm³/mol. The van der Waals surface area contributed by atoms with E-state index in [2.05, 4.69) is 22.1 Å². The number of rotatable bonds is 7. The first-order valence-electron chi connectivity index (χ1n) is 8.29. The highest BCUT2D eigenvalue weighted by Gasteiger charge is 2.10. The quantitative estimate of drug-likeness (QED) is 0.671. The lowest BCUT2D eigenvalue weighted by Crippen LogP contribution is -2.33. The molecule has 128 valence electrons. The highest BCUT2D eigenvalue weighted by atomic mass is 32.1. The van der Waals surface area contributed by atoms with Gasteiger partial charge in [-0.15, -0.1) is 0 Å². The summed E-state index contributed by atoms with van der Waals surface area (Å²) in [6.07, 6.45) is 0.845. The van der Waals surface area contributed by atoms with Gasteiger partial charge in [-0.05, 0) is 65.6 Å². The third kappa shape index (κ3) is 5.19. The van der Waals surface area contributed by atoms with Crippen molar-refractivity contribution in [2.45, 2.75) is 26.0 Å². The van der Waals surface area contributed by atoms with Crippen molar-refractivity contribution in [3.63, 3.8) is 0 Å². The van der Waals surface area contributed by atoms with Crippen molar-refractivity contribution in [1.82, 2.24) is 5.32 Å². The number of para-hydroxylation sites is 1. The van der Waals surface area contributed by atoms with Crippen LogP contribution in [0.2, 0.25) is 0 Å². The van der Waals surface area contributed by atoms with E-state index in [0.717, 1.165) is 17.7 Å². The van der Waals surface area contributed by atoms with E-state index in [1.54, 1.807) is 11.3 Å². The second kappa shape index (κ2) is 8.49. The monoisotopic (exact) mass is 351 g/mol. The van der Waals surface area contributed by atoms with Crippen LogP contribution in [-0.4, -0.2) is 11.9 Å². The van der Waals surface area contributed by atoms with Crippen molar-refractivity contribution in [3.8, 4) is 5.75 Å². The third-order valence-electron chi connectivity index (χ3n) is 3.86. The molecule has 0 aliphatic rings. The van der Waals surface area contributed by atoms with Crippen molar-refractivity contribution in [1.29, 1.82) is 0 Å². The first kappa shape index (κ1) is 17.2. The molecule has 1 unspecified atom stereocenters. The van der Waals surface area contributed by atoms with Gasteiger partial charge in [0.05, 0.1) is 0 Å². The fourth-order valence-corrected chi connectivity index (χ4v) is 3.24. The van der Waals surface area contributed by atoms with E-state index >= 15 is 0 Å². The van der Waals surface area contributed by atoms with Gasteiger partial charge in [-0.1, -0.05) is 30.3 Å². The molecule has 1 heterocycles. The average molecular weight is 351 g/mol. The maximum absolute atomic E-state index is 12.3. The molecule has 0 radical (unpaired) electrons. The lowest BCUT2D eigenvalue weighted by Gasteiger charge is -2.13. The summed E-state index contributed by atoms with van der Waals surface area (Å²) in [4.78, 5) is 12.3. The molecule has 0 saturated heterocycles. The summed E-state index contributed by atoms with van der Waals surface area (Å²) in [6, 6.07) is 19.4. The van der Waals surface area contributed by atoms with Crippen LogP contribution >= 0.6 is 11.3 Å². The standard InChI is InChI=1S/C21H21NO2S/c1-16(13-18-11-12-25-15-18)22-21(23)19-9-7-17(8-10-19)14-24-20-5-3-2-4-6-20/h2-12,15-16H,13-14H2,1H3,(H,22,23). The normalized spacial score (nSPS) is 11.7. The third-order valence-corrected chi connectivity index (χ3v) is 4.60. The van der Waals surface area contributed by atoms with Gasteiger partial charge in [-0.25, -0.2) is 0 Å². The van der Waals surface area contributed by atoms with Crippen LogP contribution in [-0.2, 0) is 13.0 Å². The Bertz CT molecular complexity index is 783. The molecular weight excluding hydrogens is 330 g/mol.